The van der Waals surface area contributed by atoms with Crippen LogP contribution in [-0.4, -0.2) is 0 Å². The first-order valence-electron chi connectivity index (χ1n) is 2.95. The van der Waals surface area contributed by atoms with Crippen LogP contribution in [0.2, 0.25) is 0 Å². The summed E-state index contributed by atoms with van der Waals surface area (Å²) in [6.45, 7) is 0. The van der Waals surface area contributed by atoms with E-state index >= 15 is 0 Å². The lowest BCUT2D eigenvalue weighted by molar-refractivity contribution is 0.375. The molecule has 0 aromatic heterocycles. The van der Waals surface area contributed by atoms with E-state index in [9.17, 15) is 22.0 Å². The third-order valence-corrected chi connectivity index (χ3v) is 1.81. The Morgan fingerprint density at radius 3 is 1.31 bits per heavy atom. The fraction of sp³-hybridized carbons (Fsp3) is 0. The molecule has 0 spiro atoms. The zero-order valence-corrected chi connectivity index (χ0v) is 7.43. The van der Waals surface area contributed by atoms with Crippen molar-refractivity contribution in [3.63, 3.8) is 0 Å². The highest BCUT2D eigenvalue weighted by Gasteiger charge is 2.24. The van der Waals surface area contributed by atoms with Crippen LogP contribution in [0.25, 0.3) is 0 Å². The van der Waals surface area contributed by atoms with Crippen LogP contribution in [0.5, 0.6) is 0 Å². The van der Waals surface area contributed by atoms with E-state index in [-0.39, 0.29) is 0 Å². The highest BCUT2D eigenvalue weighted by Crippen LogP contribution is 2.25. The topological polar surface area (TPSA) is 0 Å². The van der Waals surface area contributed by atoms with Gasteiger partial charge in [-0.1, -0.05) is 15.9 Å². The second kappa shape index (κ2) is 3.61. The molecule has 0 amide bonds. The van der Waals surface area contributed by atoms with Gasteiger partial charge in [0.15, 0.2) is 23.3 Å². The van der Waals surface area contributed by atoms with Crippen LogP contribution < -0.4 is 0 Å². The predicted octanol–water partition coefficient (Wildman–Crippen LogP) is 3.29. The molecule has 1 rings (SSSR count). The maximum atomic E-state index is 12.6. The van der Waals surface area contributed by atoms with Crippen molar-refractivity contribution in [2.45, 2.75) is 0 Å². The van der Waals surface area contributed by atoms with Crippen molar-refractivity contribution in [3.8, 4) is 0 Å². The largest absolute Gasteiger partial charge is 0.203 e. The zero-order chi connectivity index (χ0) is 10.2. The summed E-state index contributed by atoms with van der Waals surface area (Å²) in [7, 11) is 0. The predicted molar refractivity (Wildman–Crippen MR) is 38.6 cm³/mol. The maximum Gasteiger partial charge on any atom is 0.200 e. The molecule has 0 N–H and O–H groups in total. The van der Waals surface area contributed by atoms with E-state index in [0.717, 1.165) is 0 Å². The minimum Gasteiger partial charge on any atom is -0.203 e. The Balaban J connectivity index is 3.56. The highest BCUT2D eigenvalue weighted by atomic mass is 79.9. The van der Waals surface area contributed by atoms with Crippen molar-refractivity contribution in [1.29, 1.82) is 0 Å². The number of hydrogen-bond acceptors (Lipinski definition) is 0. The number of rotatable bonds is 1. The Labute approximate surface area is 78.5 Å². The molecule has 0 aliphatic carbocycles. The molecule has 1 aromatic rings. The molecule has 1 radical (unpaired) electrons. The summed E-state index contributed by atoms with van der Waals surface area (Å²) in [6, 6.07) is 0. The molecule has 71 valence electrons. The highest BCUT2D eigenvalue weighted by molar-refractivity contribution is 9.10. The van der Waals surface area contributed by atoms with Gasteiger partial charge in [-0.15, -0.1) is 0 Å². The first-order chi connectivity index (χ1) is 6.00. The molecular weight excluding hydrogens is 259 g/mol. The van der Waals surface area contributed by atoms with Crippen molar-refractivity contribution in [1.82, 2.24) is 0 Å². The Kier molecular flexibility index (Phi) is 2.90. The summed E-state index contributed by atoms with van der Waals surface area (Å²) < 4.78 is 62.4. The van der Waals surface area contributed by atoms with Crippen LogP contribution in [0.15, 0.2) is 0 Å². The first kappa shape index (κ1) is 10.4. The molecule has 0 aliphatic rings. The third-order valence-electron chi connectivity index (χ3n) is 1.35. The molecule has 0 heterocycles. The van der Waals surface area contributed by atoms with Gasteiger partial charge in [0.2, 0.25) is 5.82 Å². The van der Waals surface area contributed by atoms with Crippen molar-refractivity contribution in [3.05, 3.63) is 40.0 Å². The van der Waals surface area contributed by atoms with Crippen LogP contribution in [0.1, 0.15) is 5.56 Å². The first-order valence-corrected chi connectivity index (χ1v) is 3.87. The third kappa shape index (κ3) is 1.54. The lowest BCUT2D eigenvalue weighted by Crippen LogP contribution is -2.04. The van der Waals surface area contributed by atoms with E-state index in [2.05, 4.69) is 15.9 Å². The molecular formula is C7HBrF5. The van der Waals surface area contributed by atoms with Gasteiger partial charge in [-0.3, -0.25) is 0 Å². The fourth-order valence-corrected chi connectivity index (χ4v) is 1.12. The lowest BCUT2D eigenvalue weighted by atomic mass is 10.2. The van der Waals surface area contributed by atoms with Gasteiger partial charge >= 0.3 is 0 Å². The summed E-state index contributed by atoms with van der Waals surface area (Å²) in [5.74, 6) is -9.77. The molecule has 6 heteroatoms. The van der Waals surface area contributed by atoms with Crippen LogP contribution in [-0.2, 0) is 0 Å². The van der Waals surface area contributed by atoms with Crippen molar-refractivity contribution >= 4 is 15.9 Å². The second-order valence-electron chi connectivity index (χ2n) is 2.09. The molecule has 0 unspecified atom stereocenters. The van der Waals surface area contributed by atoms with Crippen LogP contribution in [0, 0.1) is 34.4 Å². The van der Waals surface area contributed by atoms with Crippen molar-refractivity contribution < 1.29 is 22.0 Å². The molecule has 0 nitrogen and oxygen atoms in total. The molecule has 13 heavy (non-hydrogen) atoms. The Bertz CT molecular complexity index is 320. The number of hydrogen-bond donors (Lipinski definition) is 0. The average molecular weight is 260 g/mol. The summed E-state index contributed by atoms with van der Waals surface area (Å²) in [5, 5.41) is 0.628. The average Bonchev–Trinajstić information content (AvgIpc) is 2.13. The Morgan fingerprint density at radius 1 is 0.692 bits per heavy atom. The normalized spacial score (nSPS) is 10.6. The lowest BCUT2D eigenvalue weighted by Gasteiger charge is -2.03. The molecule has 0 saturated carbocycles. The SMILES string of the molecule is Fc1c(F)c(F)c([CH]Br)c(F)c1F. The molecule has 0 saturated heterocycles. The standard InChI is InChI=1S/C7HBrF5/c8-1-2-3(9)5(11)7(13)6(12)4(2)10/h1H. The minimum atomic E-state index is -2.16. The van der Waals surface area contributed by atoms with Gasteiger partial charge in [-0.2, -0.15) is 0 Å². The van der Waals surface area contributed by atoms with Crippen molar-refractivity contribution in [2.75, 3.05) is 0 Å². The van der Waals surface area contributed by atoms with Gasteiger partial charge < -0.3 is 0 Å². The van der Waals surface area contributed by atoms with E-state index in [1.54, 1.807) is 0 Å². The summed E-state index contributed by atoms with van der Waals surface area (Å²) >= 11 is 2.49. The number of halogens is 6. The number of benzene rings is 1. The Morgan fingerprint density at radius 2 is 1.00 bits per heavy atom. The van der Waals surface area contributed by atoms with Crippen LogP contribution in [0.4, 0.5) is 22.0 Å². The monoisotopic (exact) mass is 259 g/mol. The maximum absolute atomic E-state index is 12.6. The Hall–Kier alpha value is -0.650. The van der Waals surface area contributed by atoms with Gasteiger partial charge in [0, 0.05) is 5.56 Å². The summed E-state index contributed by atoms with van der Waals surface area (Å²) in [6.07, 6.45) is 0. The molecule has 1 aromatic carbocycles. The van der Waals surface area contributed by atoms with E-state index in [1.807, 2.05) is 0 Å². The zero-order valence-electron chi connectivity index (χ0n) is 5.85. The molecule has 0 atom stereocenters. The van der Waals surface area contributed by atoms with Gasteiger partial charge in [-0.05, 0) is 0 Å². The fourth-order valence-electron chi connectivity index (χ4n) is 0.718. The van der Waals surface area contributed by atoms with Gasteiger partial charge in [0.1, 0.15) is 0 Å². The van der Waals surface area contributed by atoms with E-state index in [0.29, 0.717) is 5.33 Å². The van der Waals surface area contributed by atoms with E-state index in [4.69, 9.17) is 0 Å². The molecule has 0 fully saturated rings. The van der Waals surface area contributed by atoms with Gasteiger partial charge in [0.25, 0.3) is 0 Å². The smallest absolute Gasteiger partial charge is 0.200 e. The summed E-state index contributed by atoms with van der Waals surface area (Å²) in [4.78, 5) is 0. The van der Waals surface area contributed by atoms with Gasteiger partial charge in [0.05, 0.1) is 5.33 Å². The molecule has 0 aliphatic heterocycles. The minimum absolute atomic E-state index is 0.628. The molecule has 0 bridgehead atoms. The van der Waals surface area contributed by atoms with Crippen LogP contribution in [0.3, 0.4) is 0 Å². The van der Waals surface area contributed by atoms with Crippen LogP contribution >= 0.6 is 15.9 Å². The van der Waals surface area contributed by atoms with Gasteiger partial charge in [-0.25, -0.2) is 22.0 Å². The van der Waals surface area contributed by atoms with E-state index < -0.39 is 34.6 Å². The summed E-state index contributed by atoms with van der Waals surface area (Å²) in [5.41, 5.74) is -0.989. The quantitative estimate of drug-likeness (QED) is 0.413. The second-order valence-corrected chi connectivity index (χ2v) is 2.55. The van der Waals surface area contributed by atoms with Crippen molar-refractivity contribution in [2.24, 2.45) is 0 Å². The van der Waals surface area contributed by atoms with E-state index in [1.165, 1.54) is 0 Å².